The number of carbonyl (C=O) groups excluding carboxylic acids is 2. The van der Waals surface area contributed by atoms with E-state index in [9.17, 15) is 9.59 Å². The molecule has 0 spiro atoms. The lowest BCUT2D eigenvalue weighted by Gasteiger charge is -2.38. The zero-order valence-electron chi connectivity index (χ0n) is 16.6. The number of nitrogens with zero attached hydrogens (tertiary/aromatic N) is 1. The van der Waals surface area contributed by atoms with Crippen molar-refractivity contribution in [2.24, 2.45) is 17.8 Å². The Bertz CT molecular complexity index is 812. The predicted octanol–water partition coefficient (Wildman–Crippen LogP) is 5.02. The Morgan fingerprint density at radius 1 is 1.07 bits per heavy atom. The minimum absolute atomic E-state index is 0.0184. The largest absolute Gasteiger partial charge is 0.337 e. The smallest absolute Gasteiger partial charge is 0.226 e. The normalized spacial score (nSPS) is 24.2. The Hall–Kier alpha value is -1.94. The number of thiophene rings is 1. The molecule has 1 heterocycles. The van der Waals surface area contributed by atoms with E-state index < -0.39 is 0 Å². The third kappa shape index (κ3) is 4.38. The first-order valence-electron chi connectivity index (χ1n) is 10.5. The van der Waals surface area contributed by atoms with Crippen LogP contribution in [-0.2, 0) is 22.6 Å². The fourth-order valence-corrected chi connectivity index (χ4v) is 5.78. The van der Waals surface area contributed by atoms with Crippen LogP contribution >= 0.6 is 11.3 Å². The number of hydrogen-bond donors (Lipinski definition) is 0. The highest BCUT2D eigenvalue weighted by Gasteiger charge is 2.42. The van der Waals surface area contributed by atoms with Crippen LogP contribution in [0.15, 0.2) is 42.5 Å². The second-order valence-electron chi connectivity index (χ2n) is 8.40. The second kappa shape index (κ2) is 8.60. The van der Waals surface area contributed by atoms with Gasteiger partial charge >= 0.3 is 0 Å². The van der Waals surface area contributed by atoms with E-state index in [1.54, 1.807) is 11.3 Å². The molecule has 2 aromatic rings. The summed E-state index contributed by atoms with van der Waals surface area (Å²) in [5, 5.41) is 0. The number of hydrogen-bond acceptors (Lipinski definition) is 3. The van der Waals surface area contributed by atoms with Crippen molar-refractivity contribution in [2.75, 3.05) is 6.54 Å². The van der Waals surface area contributed by atoms with Crippen LogP contribution in [0.4, 0.5) is 0 Å². The third-order valence-corrected chi connectivity index (χ3v) is 7.35. The van der Waals surface area contributed by atoms with E-state index in [0.29, 0.717) is 12.3 Å². The van der Waals surface area contributed by atoms with E-state index in [2.05, 4.69) is 48.2 Å². The molecule has 0 saturated heterocycles. The minimum Gasteiger partial charge on any atom is -0.337 e. The van der Waals surface area contributed by atoms with E-state index in [1.807, 2.05) is 6.07 Å². The molecule has 148 valence electrons. The van der Waals surface area contributed by atoms with Crippen LogP contribution in [0.3, 0.4) is 0 Å². The van der Waals surface area contributed by atoms with Crippen molar-refractivity contribution in [3.63, 3.8) is 0 Å². The molecule has 2 saturated carbocycles. The van der Waals surface area contributed by atoms with Gasteiger partial charge in [-0.3, -0.25) is 9.59 Å². The molecule has 4 heteroatoms. The maximum atomic E-state index is 13.5. The van der Waals surface area contributed by atoms with Crippen molar-refractivity contribution in [1.29, 1.82) is 0 Å². The van der Waals surface area contributed by atoms with E-state index >= 15 is 0 Å². The van der Waals surface area contributed by atoms with Crippen molar-refractivity contribution in [3.8, 4) is 0 Å². The highest BCUT2D eigenvalue weighted by molar-refractivity contribution is 7.11. The Morgan fingerprint density at radius 3 is 2.43 bits per heavy atom. The molecule has 2 atom stereocenters. The van der Waals surface area contributed by atoms with Gasteiger partial charge in [0.25, 0.3) is 0 Å². The van der Waals surface area contributed by atoms with Gasteiger partial charge in [0.05, 0.1) is 6.54 Å². The number of rotatable bonds is 6. The Balaban J connectivity index is 1.48. The monoisotopic (exact) mass is 395 g/mol. The molecule has 2 bridgehead atoms. The third-order valence-electron chi connectivity index (χ3n) is 6.36. The second-order valence-corrected chi connectivity index (χ2v) is 9.78. The van der Waals surface area contributed by atoms with Gasteiger partial charge in [0.2, 0.25) is 5.91 Å². The number of Topliss-reactive ketones (excluding diaryl/α,β-unsaturated/α-hetero) is 1. The first kappa shape index (κ1) is 19.4. The first-order valence-corrected chi connectivity index (χ1v) is 11.3. The van der Waals surface area contributed by atoms with Crippen LogP contribution < -0.4 is 0 Å². The lowest BCUT2D eigenvalue weighted by Crippen LogP contribution is -2.44. The molecule has 0 N–H and O–H groups in total. The fourth-order valence-electron chi connectivity index (χ4n) is 4.87. The number of aryl methyl sites for hydroxylation is 1. The van der Waals surface area contributed by atoms with Crippen molar-refractivity contribution in [3.05, 3.63) is 57.8 Å². The van der Waals surface area contributed by atoms with Gasteiger partial charge in [-0.25, -0.2) is 0 Å². The average molecular weight is 396 g/mol. The zero-order chi connectivity index (χ0) is 19.5. The predicted molar refractivity (Wildman–Crippen MR) is 113 cm³/mol. The van der Waals surface area contributed by atoms with Crippen LogP contribution in [0.25, 0.3) is 0 Å². The van der Waals surface area contributed by atoms with Gasteiger partial charge in [-0.15, -0.1) is 11.3 Å². The molecular formula is C24H29NO2S. The maximum absolute atomic E-state index is 13.5. The van der Waals surface area contributed by atoms with Crippen LogP contribution in [0, 0.1) is 24.7 Å². The molecule has 2 fully saturated rings. The van der Waals surface area contributed by atoms with Gasteiger partial charge in [0.1, 0.15) is 5.78 Å². The first-order chi connectivity index (χ1) is 13.6. The van der Waals surface area contributed by atoms with Gasteiger partial charge in [-0.1, -0.05) is 36.8 Å². The van der Waals surface area contributed by atoms with E-state index in [-0.39, 0.29) is 23.7 Å². The molecule has 0 radical (unpaired) electrons. The van der Waals surface area contributed by atoms with Crippen LogP contribution in [0.1, 0.15) is 47.4 Å². The number of fused-ring (bicyclic) bond motifs is 2. The summed E-state index contributed by atoms with van der Waals surface area (Å²) in [5.41, 5.74) is 1.26. The SMILES string of the molecule is Cc1ccc(CN(CCc2ccccc2)C(=O)C2CC3CCCC(C2)C3=O)s1. The number of amides is 1. The summed E-state index contributed by atoms with van der Waals surface area (Å²) in [4.78, 5) is 30.5. The number of benzene rings is 1. The van der Waals surface area contributed by atoms with E-state index in [4.69, 9.17) is 0 Å². The van der Waals surface area contributed by atoms with E-state index in [0.717, 1.165) is 45.1 Å². The van der Waals surface area contributed by atoms with Crippen molar-refractivity contribution < 1.29 is 9.59 Å². The van der Waals surface area contributed by atoms with Crippen LogP contribution in [0.5, 0.6) is 0 Å². The molecule has 1 aromatic carbocycles. The Labute approximate surface area is 171 Å². The van der Waals surface area contributed by atoms with Crippen LogP contribution in [0.2, 0.25) is 0 Å². The Morgan fingerprint density at radius 2 is 1.79 bits per heavy atom. The maximum Gasteiger partial charge on any atom is 0.226 e. The molecule has 0 aliphatic heterocycles. The van der Waals surface area contributed by atoms with Gasteiger partial charge < -0.3 is 4.90 Å². The molecule has 28 heavy (non-hydrogen) atoms. The molecular weight excluding hydrogens is 366 g/mol. The molecule has 2 unspecified atom stereocenters. The van der Waals surface area contributed by atoms with Gasteiger partial charge in [0.15, 0.2) is 0 Å². The molecule has 2 aliphatic carbocycles. The quantitative estimate of drug-likeness (QED) is 0.688. The summed E-state index contributed by atoms with van der Waals surface area (Å²) in [7, 11) is 0. The number of carbonyl (C=O) groups is 2. The van der Waals surface area contributed by atoms with Gasteiger partial charge in [0, 0.05) is 34.1 Å². The molecule has 3 nitrogen and oxygen atoms in total. The fraction of sp³-hybridized carbons (Fsp3) is 0.500. The molecule has 2 aliphatic rings. The average Bonchev–Trinajstić information content (AvgIpc) is 3.10. The summed E-state index contributed by atoms with van der Waals surface area (Å²) in [6, 6.07) is 14.7. The lowest BCUT2D eigenvalue weighted by atomic mass is 9.67. The summed E-state index contributed by atoms with van der Waals surface area (Å²) in [6.45, 7) is 3.53. The van der Waals surface area contributed by atoms with Gasteiger partial charge in [-0.2, -0.15) is 0 Å². The molecule has 4 rings (SSSR count). The topological polar surface area (TPSA) is 37.4 Å². The summed E-state index contributed by atoms with van der Waals surface area (Å²) >= 11 is 1.77. The highest BCUT2D eigenvalue weighted by atomic mass is 32.1. The standard InChI is InChI=1S/C24H29NO2S/c1-17-10-11-22(28-17)16-25(13-12-18-6-3-2-4-7-18)24(27)21-14-19-8-5-9-20(15-21)23(19)26/h2-4,6-7,10-11,19-21H,5,8-9,12-16H2,1H3. The summed E-state index contributed by atoms with van der Waals surface area (Å²) in [6.07, 6.45) is 5.50. The highest BCUT2D eigenvalue weighted by Crippen LogP contribution is 2.41. The molecule has 1 amide bonds. The summed E-state index contributed by atoms with van der Waals surface area (Å²) < 4.78 is 0. The lowest BCUT2D eigenvalue weighted by molar-refractivity contribution is -0.143. The van der Waals surface area contributed by atoms with Gasteiger partial charge in [-0.05, 0) is 56.7 Å². The zero-order valence-corrected chi connectivity index (χ0v) is 17.4. The van der Waals surface area contributed by atoms with Crippen LogP contribution in [-0.4, -0.2) is 23.1 Å². The molecule has 1 aromatic heterocycles. The van der Waals surface area contributed by atoms with Crippen molar-refractivity contribution in [1.82, 2.24) is 4.90 Å². The number of ketones is 1. The van der Waals surface area contributed by atoms with Crippen molar-refractivity contribution in [2.45, 2.75) is 52.0 Å². The minimum atomic E-state index is 0.0184. The van der Waals surface area contributed by atoms with E-state index in [1.165, 1.54) is 15.3 Å². The Kier molecular flexibility index (Phi) is 5.96. The van der Waals surface area contributed by atoms with Crippen molar-refractivity contribution >= 4 is 23.0 Å². The summed E-state index contributed by atoms with van der Waals surface area (Å²) in [5.74, 6) is 0.957.